The maximum Gasteiger partial charge on any atom is 0.339 e. The quantitative estimate of drug-likeness (QED) is 0.698. The van der Waals surface area contributed by atoms with Crippen LogP contribution in [0.15, 0.2) is 18.6 Å². The van der Waals surface area contributed by atoms with Crippen molar-refractivity contribution in [2.24, 2.45) is 0 Å². The second-order valence-electron chi connectivity index (χ2n) is 2.44. The van der Waals surface area contributed by atoms with Crippen LogP contribution in [0, 0.1) is 5.82 Å². The highest BCUT2D eigenvalue weighted by molar-refractivity contribution is 5.94. The number of halogens is 1. The third-order valence-corrected chi connectivity index (χ3v) is 1.59. The molecule has 5 nitrogen and oxygen atoms in total. The largest absolute Gasteiger partial charge is 0.478 e. The molecule has 2 aromatic rings. The van der Waals surface area contributed by atoms with E-state index in [2.05, 4.69) is 10.2 Å². The van der Waals surface area contributed by atoms with Crippen molar-refractivity contribution >= 4 is 11.6 Å². The molecule has 13 heavy (non-hydrogen) atoms. The van der Waals surface area contributed by atoms with Crippen LogP contribution in [0.5, 0.6) is 0 Å². The Labute approximate surface area is 71.4 Å². The van der Waals surface area contributed by atoms with Gasteiger partial charge in [0.2, 0.25) is 0 Å². The SMILES string of the molecule is O=C(O)c1cc(F)cn2cnnc12. The monoisotopic (exact) mass is 181 g/mol. The molecule has 0 aliphatic carbocycles. The molecule has 0 spiro atoms. The molecule has 0 unspecified atom stereocenters. The Bertz CT molecular complexity index is 480. The molecular formula is C7H4FN3O2. The van der Waals surface area contributed by atoms with Gasteiger partial charge < -0.3 is 5.11 Å². The van der Waals surface area contributed by atoms with Crippen LogP contribution in [-0.4, -0.2) is 25.7 Å². The van der Waals surface area contributed by atoms with Gasteiger partial charge in [0.15, 0.2) is 5.65 Å². The molecule has 0 radical (unpaired) electrons. The topological polar surface area (TPSA) is 67.5 Å². The Morgan fingerprint density at radius 2 is 2.38 bits per heavy atom. The number of carboxylic acids is 1. The second-order valence-corrected chi connectivity index (χ2v) is 2.44. The Morgan fingerprint density at radius 3 is 3.08 bits per heavy atom. The van der Waals surface area contributed by atoms with E-state index in [0.29, 0.717) is 0 Å². The van der Waals surface area contributed by atoms with Crippen LogP contribution < -0.4 is 0 Å². The van der Waals surface area contributed by atoms with Gasteiger partial charge in [0.25, 0.3) is 0 Å². The highest BCUT2D eigenvalue weighted by Gasteiger charge is 2.12. The molecule has 1 N–H and O–H groups in total. The summed E-state index contributed by atoms with van der Waals surface area (Å²) in [5, 5.41) is 15.7. The minimum absolute atomic E-state index is 0.133. The molecular weight excluding hydrogens is 177 g/mol. The van der Waals surface area contributed by atoms with Gasteiger partial charge in [0.1, 0.15) is 17.7 Å². The average molecular weight is 181 g/mol. The number of hydrogen-bond donors (Lipinski definition) is 1. The summed E-state index contributed by atoms with van der Waals surface area (Å²) in [6, 6.07) is 0.909. The predicted molar refractivity (Wildman–Crippen MR) is 39.9 cm³/mol. The summed E-state index contributed by atoms with van der Waals surface area (Å²) in [5.41, 5.74) is -0.0635. The summed E-state index contributed by atoms with van der Waals surface area (Å²) in [5.74, 6) is -1.86. The fraction of sp³-hybridized carbons (Fsp3) is 0. The first-order valence-corrected chi connectivity index (χ1v) is 3.40. The van der Waals surface area contributed by atoms with Crippen molar-refractivity contribution < 1.29 is 14.3 Å². The zero-order chi connectivity index (χ0) is 9.42. The van der Waals surface area contributed by atoms with Crippen molar-refractivity contribution in [1.82, 2.24) is 14.6 Å². The van der Waals surface area contributed by atoms with E-state index in [0.717, 1.165) is 12.3 Å². The number of pyridine rings is 1. The van der Waals surface area contributed by atoms with Gasteiger partial charge >= 0.3 is 5.97 Å². The summed E-state index contributed by atoms with van der Waals surface area (Å²) in [6.07, 6.45) is 2.35. The Hall–Kier alpha value is -1.98. The highest BCUT2D eigenvalue weighted by atomic mass is 19.1. The molecule has 6 heteroatoms. The van der Waals surface area contributed by atoms with Crippen LogP contribution in [0.3, 0.4) is 0 Å². The van der Waals surface area contributed by atoms with Gasteiger partial charge in [-0.1, -0.05) is 0 Å². The fourth-order valence-electron chi connectivity index (χ4n) is 1.06. The van der Waals surface area contributed by atoms with Crippen molar-refractivity contribution in [3.63, 3.8) is 0 Å². The Kier molecular flexibility index (Phi) is 1.48. The molecule has 2 aromatic heterocycles. The smallest absolute Gasteiger partial charge is 0.339 e. The van der Waals surface area contributed by atoms with Gasteiger partial charge in [0, 0.05) is 6.20 Å². The number of aromatic nitrogens is 3. The molecule has 0 bridgehead atoms. The van der Waals surface area contributed by atoms with Crippen molar-refractivity contribution in [2.45, 2.75) is 0 Å². The molecule has 0 aliphatic heterocycles. The van der Waals surface area contributed by atoms with Crippen LogP contribution in [0.4, 0.5) is 4.39 Å². The van der Waals surface area contributed by atoms with E-state index < -0.39 is 11.8 Å². The first-order chi connectivity index (χ1) is 6.18. The van der Waals surface area contributed by atoms with Crippen LogP contribution in [0.25, 0.3) is 5.65 Å². The lowest BCUT2D eigenvalue weighted by molar-refractivity contribution is 0.0697. The summed E-state index contributed by atoms with van der Waals surface area (Å²) >= 11 is 0. The molecule has 0 aromatic carbocycles. The zero-order valence-electron chi connectivity index (χ0n) is 6.31. The van der Waals surface area contributed by atoms with Gasteiger partial charge in [-0.25, -0.2) is 9.18 Å². The van der Waals surface area contributed by atoms with E-state index in [1.165, 1.54) is 10.7 Å². The van der Waals surface area contributed by atoms with E-state index >= 15 is 0 Å². The molecule has 0 saturated carbocycles. The molecule has 66 valence electrons. The lowest BCUT2D eigenvalue weighted by atomic mass is 10.2. The van der Waals surface area contributed by atoms with Crippen LogP contribution in [0.2, 0.25) is 0 Å². The molecule has 0 fully saturated rings. The number of carboxylic acid groups (broad SMARTS) is 1. The van der Waals surface area contributed by atoms with Crippen molar-refractivity contribution in [1.29, 1.82) is 0 Å². The van der Waals surface area contributed by atoms with Gasteiger partial charge in [-0.15, -0.1) is 10.2 Å². The minimum Gasteiger partial charge on any atom is -0.478 e. The molecule has 2 rings (SSSR count). The summed E-state index contributed by atoms with van der Waals surface area (Å²) in [4.78, 5) is 10.6. The van der Waals surface area contributed by atoms with Crippen molar-refractivity contribution in [3.8, 4) is 0 Å². The lowest BCUT2D eigenvalue weighted by Crippen LogP contribution is -2.01. The number of nitrogens with zero attached hydrogens (tertiary/aromatic N) is 3. The van der Waals surface area contributed by atoms with E-state index in [-0.39, 0.29) is 11.2 Å². The molecule has 0 aliphatic rings. The predicted octanol–water partition coefficient (Wildman–Crippen LogP) is 0.567. The first kappa shape index (κ1) is 7.66. The van der Waals surface area contributed by atoms with Crippen LogP contribution in [-0.2, 0) is 0 Å². The maximum absolute atomic E-state index is 12.8. The average Bonchev–Trinajstić information content (AvgIpc) is 2.49. The summed E-state index contributed by atoms with van der Waals surface area (Å²) < 4.78 is 14.0. The van der Waals surface area contributed by atoms with Crippen LogP contribution in [0.1, 0.15) is 10.4 Å². The van der Waals surface area contributed by atoms with Gasteiger partial charge in [-0.05, 0) is 6.07 Å². The summed E-state index contributed by atoms with van der Waals surface area (Å²) in [7, 11) is 0. The highest BCUT2D eigenvalue weighted by Crippen LogP contribution is 2.09. The molecule has 2 heterocycles. The lowest BCUT2D eigenvalue weighted by Gasteiger charge is -1.97. The van der Waals surface area contributed by atoms with Gasteiger partial charge in [-0.2, -0.15) is 0 Å². The van der Waals surface area contributed by atoms with Crippen LogP contribution >= 0.6 is 0 Å². The van der Waals surface area contributed by atoms with E-state index in [9.17, 15) is 9.18 Å². The first-order valence-electron chi connectivity index (χ1n) is 3.40. The maximum atomic E-state index is 12.8. The number of carbonyl (C=O) groups is 1. The molecule has 0 atom stereocenters. The van der Waals surface area contributed by atoms with E-state index in [1.807, 2.05) is 0 Å². The summed E-state index contributed by atoms with van der Waals surface area (Å²) in [6.45, 7) is 0. The second kappa shape index (κ2) is 2.51. The number of hydrogen-bond acceptors (Lipinski definition) is 3. The normalized spacial score (nSPS) is 10.5. The van der Waals surface area contributed by atoms with Crippen molar-refractivity contribution in [3.05, 3.63) is 30.0 Å². The standard InChI is InChI=1S/C7H4FN3O2/c8-4-1-5(7(12)13)6-10-9-3-11(6)2-4/h1-3H,(H,12,13). The van der Waals surface area contributed by atoms with Gasteiger partial charge in [-0.3, -0.25) is 4.40 Å². The van der Waals surface area contributed by atoms with E-state index in [4.69, 9.17) is 5.11 Å². The Morgan fingerprint density at radius 1 is 1.62 bits per heavy atom. The third-order valence-electron chi connectivity index (χ3n) is 1.59. The fourth-order valence-corrected chi connectivity index (χ4v) is 1.06. The Balaban J connectivity index is 2.84. The van der Waals surface area contributed by atoms with Gasteiger partial charge in [0.05, 0.1) is 0 Å². The van der Waals surface area contributed by atoms with Crippen molar-refractivity contribution in [2.75, 3.05) is 0 Å². The van der Waals surface area contributed by atoms with E-state index in [1.54, 1.807) is 0 Å². The number of fused-ring (bicyclic) bond motifs is 1. The zero-order valence-corrected chi connectivity index (χ0v) is 6.31. The number of aromatic carboxylic acids is 1. The third kappa shape index (κ3) is 1.12. The molecule has 0 saturated heterocycles. The molecule has 0 amide bonds. The minimum atomic E-state index is -1.22. The number of rotatable bonds is 1.